The third-order valence-corrected chi connectivity index (χ3v) is 11.1. The van der Waals surface area contributed by atoms with E-state index in [-0.39, 0.29) is 38.0 Å². The molecule has 0 unspecified atom stereocenters. The lowest BCUT2D eigenvalue weighted by Crippen LogP contribution is -2.60. The second-order valence-corrected chi connectivity index (χ2v) is 17.3. The Balaban J connectivity index is 5.89. The van der Waals surface area contributed by atoms with Gasteiger partial charge < -0.3 is 75.7 Å². The summed E-state index contributed by atoms with van der Waals surface area (Å²) in [7, 11) is 0. The number of aliphatic carboxylic acids is 1. The van der Waals surface area contributed by atoms with E-state index in [4.69, 9.17) is 22.9 Å². The summed E-state index contributed by atoms with van der Waals surface area (Å²) in [4.78, 5) is 130. The highest BCUT2D eigenvalue weighted by molar-refractivity contribution is 5.97. The van der Waals surface area contributed by atoms with Gasteiger partial charge in [-0.3, -0.25) is 43.2 Å². The van der Waals surface area contributed by atoms with Crippen LogP contribution in [-0.2, 0) is 47.9 Å². The number of carbonyl (C=O) groups is 10. The van der Waals surface area contributed by atoms with Gasteiger partial charge in [0.15, 0.2) is 0 Å². The largest absolute Gasteiger partial charge is 0.480 e. The SMILES string of the molecule is CC[C@H](C)[C@H](NC(=O)[C@H](CCCCN)NC(=O)[C@@H](NC(=O)[C@@H](N)[C@@H](C)O)[C@@H](C)CC)C(=O)NCC(=O)NCC(=O)N[C@@H](CCC(N)=O)C(=O)N[C@@H](CC(C)C)C(=O)N[C@@H](CCCCN)C(=O)O. The van der Waals surface area contributed by atoms with Crippen LogP contribution >= 0.6 is 0 Å². The van der Waals surface area contributed by atoms with Crippen molar-refractivity contribution in [2.24, 2.45) is 40.7 Å². The Morgan fingerprint density at radius 1 is 0.522 bits per heavy atom. The Hall–Kier alpha value is -5.46. The third-order valence-electron chi connectivity index (χ3n) is 11.1. The molecule has 0 bridgehead atoms. The molecular formula is C43H80N12O12. The van der Waals surface area contributed by atoms with Gasteiger partial charge in [-0.15, -0.1) is 0 Å². The molecule has 0 aromatic carbocycles. The normalized spacial score (nSPS) is 15.6. The van der Waals surface area contributed by atoms with Gasteiger partial charge in [0.25, 0.3) is 0 Å². The Morgan fingerprint density at radius 2 is 0.970 bits per heavy atom. The monoisotopic (exact) mass is 957 g/mol. The lowest BCUT2D eigenvalue weighted by molar-refractivity contribution is -0.142. The van der Waals surface area contributed by atoms with Gasteiger partial charge in [0.1, 0.15) is 42.3 Å². The highest BCUT2D eigenvalue weighted by atomic mass is 16.4. The maximum Gasteiger partial charge on any atom is 0.326 e. The summed E-state index contributed by atoms with van der Waals surface area (Å²) in [6.45, 7) is 11.2. The van der Waals surface area contributed by atoms with Gasteiger partial charge in [-0.1, -0.05) is 54.4 Å². The minimum atomic E-state index is -1.41. The summed E-state index contributed by atoms with van der Waals surface area (Å²) in [5.74, 6) is -9.33. The summed E-state index contributed by atoms with van der Waals surface area (Å²) >= 11 is 0. The van der Waals surface area contributed by atoms with Crippen LogP contribution < -0.4 is 65.5 Å². The minimum absolute atomic E-state index is 0.0976. The van der Waals surface area contributed by atoms with E-state index < -0.39 is 132 Å². The van der Waals surface area contributed by atoms with Crippen LogP contribution in [0.25, 0.3) is 0 Å². The Morgan fingerprint density at radius 3 is 1.46 bits per heavy atom. The van der Waals surface area contributed by atoms with Crippen molar-refractivity contribution in [3.05, 3.63) is 0 Å². The number of hydrogen-bond acceptors (Lipinski definition) is 14. The van der Waals surface area contributed by atoms with Gasteiger partial charge in [0.05, 0.1) is 19.2 Å². The molecule has 9 amide bonds. The number of unbranched alkanes of at least 4 members (excludes halogenated alkanes) is 2. The molecule has 0 spiro atoms. The summed E-state index contributed by atoms with van der Waals surface area (Å²) in [6, 6.07) is -8.64. The number of primary amides is 1. The topological polar surface area (TPSA) is 411 Å². The van der Waals surface area contributed by atoms with Crippen LogP contribution in [-0.4, -0.2) is 144 Å². The number of nitrogens with two attached hydrogens (primary N) is 4. The van der Waals surface area contributed by atoms with Crippen LogP contribution in [0.4, 0.5) is 0 Å². The molecule has 0 radical (unpaired) electrons. The van der Waals surface area contributed by atoms with Gasteiger partial charge in [0.2, 0.25) is 53.2 Å². The summed E-state index contributed by atoms with van der Waals surface area (Å²) in [5, 5.41) is 39.5. The predicted octanol–water partition coefficient (Wildman–Crippen LogP) is -3.42. The minimum Gasteiger partial charge on any atom is -0.480 e. The van der Waals surface area contributed by atoms with Gasteiger partial charge in [-0.2, -0.15) is 0 Å². The van der Waals surface area contributed by atoms with Crippen LogP contribution in [0, 0.1) is 17.8 Å². The molecule has 24 heteroatoms. The molecule has 0 fully saturated rings. The van der Waals surface area contributed by atoms with Crippen molar-refractivity contribution < 1.29 is 58.2 Å². The second kappa shape index (κ2) is 33.1. The number of nitrogens with one attached hydrogen (secondary N) is 8. The third kappa shape index (κ3) is 24.8. The number of carboxylic acid groups (broad SMARTS) is 1. The Labute approximate surface area is 393 Å². The predicted molar refractivity (Wildman–Crippen MR) is 247 cm³/mol. The zero-order chi connectivity index (χ0) is 51.4. The molecule has 0 aromatic rings. The van der Waals surface area contributed by atoms with Crippen LogP contribution in [0.3, 0.4) is 0 Å². The molecule has 10 atom stereocenters. The number of rotatable bonds is 35. The molecule has 18 N–H and O–H groups in total. The van der Waals surface area contributed by atoms with E-state index in [2.05, 4.69) is 42.5 Å². The van der Waals surface area contributed by atoms with Gasteiger partial charge >= 0.3 is 5.97 Å². The molecule has 67 heavy (non-hydrogen) atoms. The molecule has 24 nitrogen and oxygen atoms in total. The van der Waals surface area contributed by atoms with Crippen LogP contribution in [0.2, 0.25) is 0 Å². The molecule has 0 saturated heterocycles. The maximum absolute atomic E-state index is 13.8. The van der Waals surface area contributed by atoms with Gasteiger partial charge in [0, 0.05) is 6.42 Å². The molecule has 384 valence electrons. The van der Waals surface area contributed by atoms with Crippen molar-refractivity contribution >= 4 is 59.1 Å². The fraction of sp³-hybridized carbons (Fsp3) is 0.767. The highest BCUT2D eigenvalue weighted by Gasteiger charge is 2.35. The highest BCUT2D eigenvalue weighted by Crippen LogP contribution is 2.13. The first kappa shape index (κ1) is 61.5. The van der Waals surface area contributed by atoms with E-state index in [9.17, 15) is 58.2 Å². The van der Waals surface area contributed by atoms with E-state index in [0.717, 1.165) is 0 Å². The van der Waals surface area contributed by atoms with Crippen molar-refractivity contribution in [3.8, 4) is 0 Å². The van der Waals surface area contributed by atoms with E-state index in [0.29, 0.717) is 51.6 Å². The average Bonchev–Trinajstić information content (AvgIpc) is 3.27. The molecule has 0 aliphatic carbocycles. The van der Waals surface area contributed by atoms with Crippen molar-refractivity contribution in [1.82, 2.24) is 42.5 Å². The fourth-order valence-electron chi connectivity index (χ4n) is 6.47. The van der Waals surface area contributed by atoms with Crippen molar-refractivity contribution in [2.45, 2.75) is 167 Å². The standard InChI is InChI=1S/C43H80N12O12/c1-8-24(5)35(54-38(61)27(14-10-12-18-44)51-42(65)36(25(6)9-2)55-40(63)34(47)26(7)56)41(64)49-21-32(58)48-22-33(59)50-28(16-17-31(46)57)37(60)53-30(20-23(3)4)39(62)52-29(43(66)67)15-11-13-19-45/h23-30,34-36,56H,8-22,44-45,47H2,1-7H3,(H2,46,57)(H,48,58)(H,49,64)(H,50,59)(H,51,65)(H,52,62)(H,53,60)(H,54,61)(H,55,63)(H,66,67)/t24-,25-,26+,27-,28-,29-,30-,34-,35-,36-/m0/s1. The van der Waals surface area contributed by atoms with Crippen LogP contribution in [0.15, 0.2) is 0 Å². The first-order valence-corrected chi connectivity index (χ1v) is 23.1. The molecule has 0 aliphatic rings. The zero-order valence-electron chi connectivity index (χ0n) is 40.2. The number of carbonyl (C=O) groups excluding carboxylic acids is 9. The van der Waals surface area contributed by atoms with E-state index in [1.807, 2.05) is 0 Å². The smallest absolute Gasteiger partial charge is 0.326 e. The Bertz CT molecular complexity index is 1630. The van der Waals surface area contributed by atoms with Crippen molar-refractivity contribution in [2.75, 3.05) is 26.2 Å². The number of amides is 9. The quantitative estimate of drug-likeness (QED) is 0.0275. The maximum atomic E-state index is 13.8. The van der Waals surface area contributed by atoms with E-state index in [1.54, 1.807) is 41.5 Å². The first-order chi connectivity index (χ1) is 31.4. The second-order valence-electron chi connectivity index (χ2n) is 17.3. The summed E-state index contributed by atoms with van der Waals surface area (Å²) < 4.78 is 0. The zero-order valence-corrected chi connectivity index (χ0v) is 40.2. The van der Waals surface area contributed by atoms with Gasteiger partial charge in [-0.05, 0) is 89.1 Å². The van der Waals surface area contributed by atoms with Crippen LogP contribution in [0.1, 0.15) is 119 Å². The van der Waals surface area contributed by atoms with E-state index in [1.165, 1.54) is 6.92 Å². The molecule has 0 rings (SSSR count). The van der Waals surface area contributed by atoms with Crippen molar-refractivity contribution in [1.29, 1.82) is 0 Å². The molecule has 0 aromatic heterocycles. The summed E-state index contributed by atoms with van der Waals surface area (Å²) in [6.07, 6.45) is 1.30. The lowest BCUT2D eigenvalue weighted by atomic mass is 9.96. The number of aliphatic hydroxyl groups excluding tert-OH is 1. The van der Waals surface area contributed by atoms with Crippen molar-refractivity contribution in [3.63, 3.8) is 0 Å². The number of hydrogen-bond donors (Lipinski definition) is 14. The summed E-state index contributed by atoms with van der Waals surface area (Å²) in [5.41, 5.74) is 22.2. The molecule has 0 saturated carbocycles. The number of aliphatic hydroxyl groups is 1. The van der Waals surface area contributed by atoms with E-state index >= 15 is 0 Å². The molecule has 0 heterocycles. The van der Waals surface area contributed by atoms with Crippen LogP contribution in [0.5, 0.6) is 0 Å². The molecule has 0 aliphatic heterocycles. The molecular weight excluding hydrogens is 877 g/mol. The van der Waals surface area contributed by atoms with Gasteiger partial charge in [-0.25, -0.2) is 4.79 Å². The Kier molecular flexibility index (Phi) is 30.4. The lowest BCUT2D eigenvalue weighted by Gasteiger charge is -2.29. The average molecular weight is 957 g/mol. The first-order valence-electron chi connectivity index (χ1n) is 23.1. The number of carboxylic acids is 1. The fourth-order valence-corrected chi connectivity index (χ4v) is 6.47.